The molecule has 0 heterocycles. The van der Waals surface area contributed by atoms with E-state index >= 15 is 0 Å². The highest BCUT2D eigenvalue weighted by Crippen LogP contribution is 2.38. The molecule has 1 nitrogen and oxygen atoms in total. The lowest BCUT2D eigenvalue weighted by atomic mass is 9.77. The highest BCUT2D eigenvalue weighted by Gasteiger charge is 2.23. The summed E-state index contributed by atoms with van der Waals surface area (Å²) in [6.07, 6.45) is 8.24. The first-order valence-corrected chi connectivity index (χ1v) is 7.65. The van der Waals surface area contributed by atoms with Gasteiger partial charge in [0.1, 0.15) is 11.6 Å². The lowest BCUT2D eigenvalue weighted by molar-refractivity contribution is 0.311. The van der Waals surface area contributed by atoms with Gasteiger partial charge in [-0.3, -0.25) is 0 Å². The van der Waals surface area contributed by atoms with Crippen LogP contribution in [0, 0.1) is 40.7 Å². The molecular weight excluding hydrogens is 280 g/mol. The van der Waals surface area contributed by atoms with Crippen LogP contribution in [-0.4, -0.2) is 0 Å². The van der Waals surface area contributed by atoms with Crippen molar-refractivity contribution in [2.45, 2.75) is 44.4 Å². The average molecular weight is 299 g/mol. The molecule has 0 aromatic heterocycles. The van der Waals surface area contributed by atoms with Crippen molar-refractivity contribution in [3.8, 4) is 17.9 Å². The third kappa shape index (κ3) is 3.95. The third-order valence-corrected chi connectivity index (χ3v) is 4.41. The first-order chi connectivity index (χ1) is 10.7. The van der Waals surface area contributed by atoms with Crippen LogP contribution in [-0.2, 0) is 0 Å². The molecule has 1 aromatic rings. The molecule has 1 saturated carbocycles. The molecule has 0 atom stereocenters. The van der Waals surface area contributed by atoms with E-state index in [9.17, 15) is 8.78 Å². The highest BCUT2D eigenvalue weighted by molar-refractivity contribution is 5.42. The summed E-state index contributed by atoms with van der Waals surface area (Å²) in [6, 6.07) is 4.32. The first-order valence-electron chi connectivity index (χ1n) is 7.65. The van der Waals surface area contributed by atoms with Crippen molar-refractivity contribution in [2.75, 3.05) is 0 Å². The Bertz CT molecular complexity index is 615. The molecule has 0 aliphatic heterocycles. The summed E-state index contributed by atoms with van der Waals surface area (Å²) in [5.74, 6) is 3.82. The number of benzene rings is 1. The van der Waals surface area contributed by atoms with E-state index in [1.807, 2.05) is 12.0 Å². The summed E-state index contributed by atoms with van der Waals surface area (Å²) < 4.78 is 27.9. The molecule has 1 aromatic carbocycles. The molecule has 1 aliphatic rings. The number of hydrogen-bond donors (Lipinski definition) is 0. The summed E-state index contributed by atoms with van der Waals surface area (Å²) in [5, 5.41) is 8.38. The SMILES string of the molecule is C=CCCC1CCC(c2cc(F)c(C#CC#N)c(F)c2)CC1. The van der Waals surface area contributed by atoms with Crippen molar-refractivity contribution < 1.29 is 8.78 Å². The molecule has 1 aliphatic carbocycles. The maximum atomic E-state index is 14.0. The van der Waals surface area contributed by atoms with Crippen LogP contribution in [0.2, 0.25) is 0 Å². The molecule has 0 unspecified atom stereocenters. The molecule has 0 amide bonds. The molecule has 0 radical (unpaired) electrons. The fourth-order valence-electron chi connectivity index (χ4n) is 3.18. The van der Waals surface area contributed by atoms with Gasteiger partial charge >= 0.3 is 0 Å². The van der Waals surface area contributed by atoms with Gasteiger partial charge in [0.15, 0.2) is 6.07 Å². The van der Waals surface area contributed by atoms with Gasteiger partial charge in [-0.15, -0.1) is 6.58 Å². The van der Waals surface area contributed by atoms with Gasteiger partial charge in [-0.1, -0.05) is 6.08 Å². The second-order valence-corrected chi connectivity index (χ2v) is 5.81. The predicted molar refractivity (Wildman–Crippen MR) is 83.0 cm³/mol. The Morgan fingerprint density at radius 3 is 2.36 bits per heavy atom. The molecule has 0 saturated heterocycles. The fourth-order valence-corrected chi connectivity index (χ4v) is 3.18. The van der Waals surface area contributed by atoms with Gasteiger partial charge < -0.3 is 0 Å². The number of halogens is 2. The van der Waals surface area contributed by atoms with E-state index in [-0.39, 0.29) is 11.5 Å². The van der Waals surface area contributed by atoms with E-state index in [1.54, 1.807) is 6.07 Å². The Morgan fingerprint density at radius 1 is 1.18 bits per heavy atom. The van der Waals surface area contributed by atoms with Gasteiger partial charge in [-0.05, 0) is 74.0 Å². The molecule has 0 spiro atoms. The lowest BCUT2D eigenvalue weighted by Gasteiger charge is -2.28. The van der Waals surface area contributed by atoms with E-state index in [1.165, 1.54) is 12.1 Å². The monoisotopic (exact) mass is 299 g/mol. The second kappa shape index (κ2) is 7.76. The maximum absolute atomic E-state index is 14.0. The minimum absolute atomic E-state index is 0.210. The van der Waals surface area contributed by atoms with E-state index in [0.29, 0.717) is 11.5 Å². The van der Waals surface area contributed by atoms with E-state index in [2.05, 4.69) is 12.5 Å². The standard InChI is InChI=1S/C19H19F2N/c1-2-3-5-14-7-9-15(10-8-14)16-12-18(20)17(6-4-11-22)19(21)13-16/h2,12-15H,1,3,5,7-10H2. The van der Waals surface area contributed by atoms with E-state index in [0.717, 1.165) is 38.5 Å². The van der Waals surface area contributed by atoms with Crippen LogP contribution in [0.3, 0.4) is 0 Å². The first kappa shape index (κ1) is 16.2. The van der Waals surface area contributed by atoms with Gasteiger partial charge in [0.25, 0.3) is 0 Å². The Hall–Kier alpha value is -2.13. The van der Waals surface area contributed by atoms with Crippen molar-refractivity contribution in [3.05, 3.63) is 47.5 Å². The van der Waals surface area contributed by atoms with Crippen LogP contribution in [0.5, 0.6) is 0 Å². The third-order valence-electron chi connectivity index (χ3n) is 4.41. The quantitative estimate of drug-likeness (QED) is 0.562. The van der Waals surface area contributed by atoms with Crippen LogP contribution < -0.4 is 0 Å². The summed E-state index contributed by atoms with van der Waals surface area (Å²) in [5.41, 5.74) is 0.393. The van der Waals surface area contributed by atoms with Crippen molar-refractivity contribution in [1.82, 2.24) is 0 Å². The number of hydrogen-bond acceptors (Lipinski definition) is 1. The van der Waals surface area contributed by atoms with E-state index < -0.39 is 11.6 Å². The zero-order valence-electron chi connectivity index (χ0n) is 12.5. The minimum atomic E-state index is -0.675. The predicted octanol–water partition coefficient (Wildman–Crippen LogP) is 5.08. The second-order valence-electron chi connectivity index (χ2n) is 5.81. The average Bonchev–Trinajstić information content (AvgIpc) is 2.52. The van der Waals surface area contributed by atoms with E-state index in [4.69, 9.17) is 5.26 Å². The van der Waals surface area contributed by atoms with Gasteiger partial charge in [-0.25, -0.2) is 8.78 Å². The van der Waals surface area contributed by atoms with Crippen molar-refractivity contribution in [2.24, 2.45) is 5.92 Å². The topological polar surface area (TPSA) is 23.8 Å². The normalized spacial score (nSPS) is 20.6. The molecule has 1 fully saturated rings. The zero-order chi connectivity index (χ0) is 15.9. The van der Waals surface area contributed by atoms with Gasteiger partial charge in [0.05, 0.1) is 5.56 Å². The number of allylic oxidation sites excluding steroid dienone is 1. The van der Waals surface area contributed by atoms with Crippen LogP contribution in [0.4, 0.5) is 8.78 Å². The molecular formula is C19H19F2N. The molecule has 2 rings (SSSR count). The van der Waals surface area contributed by atoms with Crippen LogP contribution >= 0.6 is 0 Å². The Kier molecular flexibility index (Phi) is 5.73. The van der Waals surface area contributed by atoms with Crippen LogP contribution in [0.15, 0.2) is 24.8 Å². The van der Waals surface area contributed by atoms with Crippen molar-refractivity contribution in [1.29, 1.82) is 5.26 Å². The molecule has 0 bridgehead atoms. The lowest BCUT2D eigenvalue weighted by Crippen LogP contribution is -2.14. The maximum Gasteiger partial charge on any atom is 0.152 e. The summed E-state index contributed by atoms with van der Waals surface area (Å²) >= 11 is 0. The molecule has 0 N–H and O–H groups in total. The van der Waals surface area contributed by atoms with Crippen LogP contribution in [0.1, 0.15) is 55.6 Å². The number of nitriles is 1. The molecule has 3 heteroatoms. The minimum Gasteiger partial charge on any atom is -0.206 e. The number of nitrogens with zero attached hydrogens (tertiary/aromatic N) is 1. The fraction of sp³-hybridized carbons (Fsp3) is 0.421. The zero-order valence-corrected chi connectivity index (χ0v) is 12.5. The summed E-state index contributed by atoms with van der Waals surface area (Å²) in [6.45, 7) is 3.74. The highest BCUT2D eigenvalue weighted by atomic mass is 19.1. The Balaban J connectivity index is 2.08. The van der Waals surface area contributed by atoms with Crippen molar-refractivity contribution >= 4 is 0 Å². The van der Waals surface area contributed by atoms with Crippen LogP contribution in [0.25, 0.3) is 0 Å². The smallest absolute Gasteiger partial charge is 0.152 e. The summed E-state index contributed by atoms with van der Waals surface area (Å²) in [4.78, 5) is 0. The molecule has 22 heavy (non-hydrogen) atoms. The number of rotatable bonds is 4. The summed E-state index contributed by atoms with van der Waals surface area (Å²) in [7, 11) is 0. The van der Waals surface area contributed by atoms with Gasteiger partial charge in [0, 0.05) is 5.92 Å². The van der Waals surface area contributed by atoms with Gasteiger partial charge in [-0.2, -0.15) is 5.26 Å². The Morgan fingerprint density at radius 2 is 1.82 bits per heavy atom. The van der Waals surface area contributed by atoms with Gasteiger partial charge in [0.2, 0.25) is 0 Å². The molecule has 114 valence electrons. The Labute approximate surface area is 130 Å². The van der Waals surface area contributed by atoms with Crippen molar-refractivity contribution in [3.63, 3.8) is 0 Å². The largest absolute Gasteiger partial charge is 0.206 e.